The number of benzene rings is 5. The predicted molar refractivity (Wildman–Crippen MR) is 329 cm³/mol. The third-order valence-electron chi connectivity index (χ3n) is 16.7. The number of alkyl carbamates (subject to hydrolysis) is 4. The van der Waals surface area contributed by atoms with Crippen LogP contribution >= 0.6 is 0 Å². The number of rotatable bonds is 25. The van der Waals surface area contributed by atoms with Crippen LogP contribution in [0.2, 0.25) is 0 Å². The Morgan fingerprint density at radius 1 is 0.479 bits per heavy atom. The molecule has 0 spiro atoms. The van der Waals surface area contributed by atoms with E-state index in [0.29, 0.717) is 34.4 Å². The van der Waals surface area contributed by atoms with Crippen molar-refractivity contribution in [2.45, 2.75) is 169 Å². The fraction of sp³-hybridized carbons (Fsp3) is 0.493. The standard InChI is InChI=1S/C67H83N5O22/c1-4-46-52(74)53(75)49(70-66(80)86-35-41-24-14-7-15-25-41)61(88-46)93-58-47(37-82-31-30-72(2)3)90-63(55(58)77)94-59-51(73)44(68-64(78)84-33-39-20-10-5-11-21-39)32-45(69-65(79)85-34-40-22-12-6-13-23-40)56(59)91-62-50(71-67(81)87-36-42-26-16-8-17-27-42)54(76)57-48(89-62)38-83-60(92-57)43-28-18-9-19-29-43/h5-29,44-63,73-77H,4,30-38H2,1-3H3,(H,68,78)(H,69,79)(H,70,80)(H,71,81). The Labute approximate surface area is 543 Å². The number of hydrogen-bond acceptors (Lipinski definition) is 23. The van der Waals surface area contributed by atoms with E-state index in [1.165, 1.54) is 0 Å². The second kappa shape index (κ2) is 33.8. The zero-order valence-electron chi connectivity index (χ0n) is 52.2. The highest BCUT2D eigenvalue weighted by atomic mass is 16.8. The number of carbonyl (C=O) groups excluding carboxylic acids is 4. The van der Waals surface area contributed by atoms with Crippen LogP contribution in [-0.4, -0.2) is 212 Å². The fourth-order valence-corrected chi connectivity index (χ4v) is 11.7. The molecular weight excluding hydrogens is 1230 g/mol. The normalized spacial score (nSPS) is 31.5. The van der Waals surface area contributed by atoms with Crippen molar-refractivity contribution in [3.05, 3.63) is 179 Å². The lowest BCUT2D eigenvalue weighted by Crippen LogP contribution is -2.71. The number of likely N-dealkylation sites (N-methyl/N-ethyl adjacent to an activating group) is 1. The number of ether oxygens (including phenoxy) is 13. The average Bonchev–Trinajstić information content (AvgIpc) is 1.09. The molecule has 4 aliphatic heterocycles. The van der Waals surface area contributed by atoms with Crippen molar-refractivity contribution in [2.24, 2.45) is 0 Å². The van der Waals surface area contributed by atoms with Crippen LogP contribution in [0.5, 0.6) is 0 Å². The zero-order valence-corrected chi connectivity index (χ0v) is 52.2. The first-order valence-electron chi connectivity index (χ1n) is 31.4. The van der Waals surface area contributed by atoms with Gasteiger partial charge in [-0.3, -0.25) is 0 Å². The summed E-state index contributed by atoms with van der Waals surface area (Å²) in [5.41, 5.74) is 3.22. The number of amides is 4. The van der Waals surface area contributed by atoms with Crippen molar-refractivity contribution >= 4 is 24.4 Å². The molecule has 10 rings (SSSR count). The molecule has 27 heteroatoms. The van der Waals surface area contributed by atoms with Crippen LogP contribution in [0.4, 0.5) is 19.2 Å². The van der Waals surface area contributed by atoms with Gasteiger partial charge >= 0.3 is 24.4 Å². The highest BCUT2D eigenvalue weighted by Gasteiger charge is 2.58. The Hall–Kier alpha value is -7.42. The molecule has 0 aromatic heterocycles. The molecule has 4 amide bonds. The number of carbonyl (C=O) groups is 4. The van der Waals surface area contributed by atoms with E-state index in [4.69, 9.17) is 61.6 Å². The number of aliphatic hydroxyl groups is 5. The van der Waals surface area contributed by atoms with E-state index in [-0.39, 0.29) is 59.1 Å². The minimum atomic E-state index is -1.88. The van der Waals surface area contributed by atoms with Gasteiger partial charge in [-0.2, -0.15) is 0 Å². The van der Waals surface area contributed by atoms with Crippen LogP contribution in [0.15, 0.2) is 152 Å². The van der Waals surface area contributed by atoms with E-state index in [1.807, 2.05) is 25.1 Å². The first-order chi connectivity index (χ1) is 45.6. The lowest BCUT2D eigenvalue weighted by atomic mass is 9.83. The Kier molecular flexibility index (Phi) is 25.0. The largest absolute Gasteiger partial charge is 0.445 e. The molecule has 5 aromatic carbocycles. The number of aliphatic hydroxyl groups excluding tert-OH is 5. The molecule has 1 saturated carbocycles. The second-order valence-electron chi connectivity index (χ2n) is 23.7. The van der Waals surface area contributed by atoms with Crippen LogP contribution in [-0.2, 0) is 88.0 Å². The molecule has 20 unspecified atom stereocenters. The third-order valence-corrected chi connectivity index (χ3v) is 16.7. The third kappa shape index (κ3) is 18.5. The van der Waals surface area contributed by atoms with E-state index in [2.05, 4.69) is 21.3 Å². The predicted octanol–water partition coefficient (Wildman–Crippen LogP) is 3.81. The van der Waals surface area contributed by atoms with Gasteiger partial charge in [0.2, 0.25) is 0 Å². The molecule has 1 aliphatic carbocycles. The molecular formula is C67H83N5O22. The van der Waals surface area contributed by atoms with Gasteiger partial charge in [-0.1, -0.05) is 159 Å². The van der Waals surface area contributed by atoms with Gasteiger partial charge in [0.05, 0.1) is 38.0 Å². The van der Waals surface area contributed by atoms with Crippen LogP contribution < -0.4 is 21.3 Å². The van der Waals surface area contributed by atoms with E-state index >= 15 is 0 Å². The summed E-state index contributed by atoms with van der Waals surface area (Å²) < 4.78 is 80.8. The van der Waals surface area contributed by atoms with Gasteiger partial charge in [-0.05, 0) is 49.2 Å². The SMILES string of the molecule is CCC1OC(OC2C(COCCN(C)C)OC(OC3C(O)C(NC(=O)OCc4ccccc4)CC(NC(=O)OCc4ccccc4)C3OC3OC4COC(c5ccccc5)OC4C(O)C3NC(=O)OCc3ccccc3)C2O)C(NC(=O)OCc2ccccc2)C(O)C1O. The zero-order chi connectivity index (χ0) is 66.1. The second-order valence-corrected chi connectivity index (χ2v) is 23.7. The van der Waals surface area contributed by atoms with Gasteiger partial charge in [0.1, 0.15) is 106 Å². The lowest BCUT2D eigenvalue weighted by molar-refractivity contribution is -0.358. The Morgan fingerprint density at radius 2 is 0.926 bits per heavy atom. The van der Waals surface area contributed by atoms with Crippen molar-refractivity contribution in [1.29, 1.82) is 0 Å². The van der Waals surface area contributed by atoms with Crippen molar-refractivity contribution in [2.75, 3.05) is 40.5 Å². The van der Waals surface area contributed by atoms with Crippen molar-refractivity contribution in [1.82, 2.24) is 26.2 Å². The summed E-state index contributed by atoms with van der Waals surface area (Å²) >= 11 is 0. The van der Waals surface area contributed by atoms with Crippen LogP contribution in [0.3, 0.4) is 0 Å². The number of nitrogens with zero attached hydrogens (tertiary/aromatic N) is 1. The van der Waals surface area contributed by atoms with E-state index in [0.717, 1.165) is 0 Å². The highest BCUT2D eigenvalue weighted by Crippen LogP contribution is 2.39. The monoisotopic (exact) mass is 1310 g/mol. The van der Waals surface area contributed by atoms with Gasteiger partial charge in [0.15, 0.2) is 25.2 Å². The minimum Gasteiger partial charge on any atom is -0.445 e. The van der Waals surface area contributed by atoms with Crippen LogP contribution in [0.25, 0.3) is 0 Å². The Balaban J connectivity index is 0.987. The summed E-state index contributed by atoms with van der Waals surface area (Å²) in [7, 11) is 3.68. The average molecular weight is 1310 g/mol. The van der Waals surface area contributed by atoms with Gasteiger partial charge in [-0.25, -0.2) is 19.2 Å². The number of hydrogen-bond donors (Lipinski definition) is 9. The maximum atomic E-state index is 14.2. The number of fused-ring (bicyclic) bond motifs is 1. The molecule has 20 atom stereocenters. The Morgan fingerprint density at radius 3 is 1.44 bits per heavy atom. The topological polar surface area (TPSA) is 341 Å². The van der Waals surface area contributed by atoms with Gasteiger partial charge in [0, 0.05) is 12.1 Å². The first-order valence-corrected chi connectivity index (χ1v) is 31.4. The quantitative estimate of drug-likeness (QED) is 0.0296. The summed E-state index contributed by atoms with van der Waals surface area (Å²) in [4.78, 5) is 57.5. The Bertz CT molecular complexity index is 3140. The van der Waals surface area contributed by atoms with Gasteiger partial charge in [-0.15, -0.1) is 0 Å². The first kappa shape index (κ1) is 69.4. The smallest absolute Gasteiger partial charge is 0.407 e. The molecule has 27 nitrogen and oxygen atoms in total. The summed E-state index contributed by atoms with van der Waals surface area (Å²) in [6, 6.07) is 38.5. The molecule has 5 fully saturated rings. The highest BCUT2D eigenvalue weighted by molar-refractivity contribution is 5.69. The molecule has 5 aliphatic rings. The summed E-state index contributed by atoms with van der Waals surface area (Å²) in [5, 5.41) is 71.8. The van der Waals surface area contributed by atoms with Crippen molar-refractivity contribution < 1.29 is 106 Å². The molecule has 508 valence electrons. The summed E-state index contributed by atoms with van der Waals surface area (Å²) in [6.45, 7) is 1.17. The molecule has 0 bridgehead atoms. The van der Waals surface area contributed by atoms with Crippen LogP contribution in [0, 0.1) is 0 Å². The van der Waals surface area contributed by atoms with Crippen molar-refractivity contribution in [3.8, 4) is 0 Å². The minimum absolute atomic E-state index is 0.151. The lowest BCUT2D eigenvalue weighted by Gasteiger charge is -2.50. The molecule has 5 aromatic rings. The maximum absolute atomic E-state index is 14.2. The fourth-order valence-electron chi connectivity index (χ4n) is 11.7. The summed E-state index contributed by atoms with van der Waals surface area (Å²) in [5.74, 6) is 0. The molecule has 9 N–H and O–H groups in total. The van der Waals surface area contributed by atoms with E-state index in [1.54, 1.807) is 153 Å². The molecule has 4 saturated heterocycles. The van der Waals surface area contributed by atoms with E-state index < -0.39 is 147 Å². The molecule has 0 radical (unpaired) electrons. The van der Waals surface area contributed by atoms with Gasteiger partial charge < -0.3 is 113 Å². The molecule has 94 heavy (non-hydrogen) atoms. The summed E-state index contributed by atoms with van der Waals surface area (Å²) in [6.07, 6.45) is -28.5. The molecule has 4 heterocycles. The van der Waals surface area contributed by atoms with Crippen molar-refractivity contribution in [3.63, 3.8) is 0 Å². The van der Waals surface area contributed by atoms with E-state index in [9.17, 15) is 44.7 Å². The maximum Gasteiger partial charge on any atom is 0.407 e. The van der Waals surface area contributed by atoms with Crippen LogP contribution in [0.1, 0.15) is 53.9 Å². The van der Waals surface area contributed by atoms with Gasteiger partial charge in [0.25, 0.3) is 0 Å². The number of nitrogens with one attached hydrogen (secondary N) is 4.